The molecule has 0 amide bonds. The second-order valence-corrected chi connectivity index (χ2v) is 5.32. The van der Waals surface area contributed by atoms with E-state index in [4.69, 9.17) is 0 Å². The Morgan fingerprint density at radius 2 is 1.54 bits per heavy atom. The zero-order valence-electron chi connectivity index (χ0n) is 7.11. The first kappa shape index (κ1) is 8.26. The van der Waals surface area contributed by atoms with E-state index in [2.05, 4.69) is 9.97 Å². The van der Waals surface area contributed by atoms with Crippen molar-refractivity contribution in [2.24, 2.45) is 0 Å². The Balaban J connectivity index is 2.49. The van der Waals surface area contributed by atoms with Crippen LogP contribution in [0.2, 0.25) is 0 Å². The van der Waals surface area contributed by atoms with E-state index >= 15 is 0 Å². The van der Waals surface area contributed by atoms with Crippen LogP contribution >= 0.6 is 7.44 Å². The molecule has 0 atom stereocenters. The molecule has 2 aromatic rings. The lowest BCUT2D eigenvalue weighted by Crippen LogP contribution is -2.00. The van der Waals surface area contributed by atoms with Gasteiger partial charge >= 0.3 is 0 Å². The predicted octanol–water partition coefficient (Wildman–Crippen LogP) is 1.30. The summed E-state index contributed by atoms with van der Waals surface area (Å²) in [4.78, 5) is 7.71. The fraction of sp³-hybridized carbons (Fsp3) is 0.143. The quantitative estimate of drug-likeness (QED) is 0.680. The zero-order chi connectivity index (χ0) is 9.31. The molecule has 5 nitrogen and oxygen atoms in total. The van der Waals surface area contributed by atoms with Crippen LogP contribution in [0.25, 0.3) is 0 Å². The minimum absolute atomic E-state index is 1.54. The molecule has 2 heterocycles. The van der Waals surface area contributed by atoms with Gasteiger partial charge in [-0.1, -0.05) is 0 Å². The molecule has 0 bridgehead atoms. The molecule has 2 aromatic heterocycles. The first-order valence-electron chi connectivity index (χ1n) is 3.76. The number of imidazole rings is 2. The van der Waals surface area contributed by atoms with Crippen LogP contribution in [0.5, 0.6) is 0 Å². The van der Waals surface area contributed by atoms with Gasteiger partial charge in [0.1, 0.15) is 12.7 Å². The highest BCUT2D eigenvalue weighted by atomic mass is 31.2. The summed E-state index contributed by atoms with van der Waals surface area (Å²) in [7, 11) is -2.59. The summed E-state index contributed by atoms with van der Waals surface area (Å²) in [6.07, 6.45) is 9.66. The van der Waals surface area contributed by atoms with Gasteiger partial charge in [-0.3, -0.25) is 13.2 Å². The van der Waals surface area contributed by atoms with Crippen LogP contribution in [-0.2, 0) is 4.57 Å². The van der Waals surface area contributed by atoms with E-state index in [1.54, 1.807) is 52.8 Å². The summed E-state index contributed by atoms with van der Waals surface area (Å²) in [6, 6.07) is 0. The normalized spacial score (nSPS) is 11.8. The van der Waals surface area contributed by atoms with Crippen molar-refractivity contribution in [3.63, 3.8) is 0 Å². The van der Waals surface area contributed by atoms with E-state index < -0.39 is 7.44 Å². The molecule has 2 rings (SSSR count). The van der Waals surface area contributed by atoms with Gasteiger partial charge in [0.15, 0.2) is 0 Å². The van der Waals surface area contributed by atoms with Crippen LogP contribution in [0.1, 0.15) is 0 Å². The maximum absolute atomic E-state index is 12.2. The van der Waals surface area contributed by atoms with Crippen LogP contribution in [0.3, 0.4) is 0 Å². The van der Waals surface area contributed by atoms with Crippen molar-refractivity contribution >= 4 is 7.44 Å². The molecule has 0 unspecified atom stereocenters. The number of hydrogen-bond donors (Lipinski definition) is 0. The Kier molecular flexibility index (Phi) is 1.81. The van der Waals surface area contributed by atoms with Gasteiger partial charge in [0, 0.05) is 31.5 Å². The molecule has 6 heteroatoms. The summed E-state index contributed by atoms with van der Waals surface area (Å²) in [5, 5.41) is 0. The van der Waals surface area contributed by atoms with Crippen molar-refractivity contribution in [1.82, 2.24) is 18.6 Å². The molecule has 0 aliphatic heterocycles. The first-order valence-corrected chi connectivity index (χ1v) is 5.82. The molecule has 0 aliphatic rings. The number of rotatable bonds is 2. The van der Waals surface area contributed by atoms with E-state index in [1.807, 2.05) is 0 Å². The third-order valence-corrected chi connectivity index (χ3v) is 4.03. The van der Waals surface area contributed by atoms with Gasteiger partial charge < -0.3 is 0 Å². The van der Waals surface area contributed by atoms with Gasteiger partial charge in [0.05, 0.1) is 0 Å². The third kappa shape index (κ3) is 1.31. The largest absolute Gasteiger partial charge is 0.275 e. The molecule has 0 aromatic carbocycles. The Hall–Kier alpha value is -1.35. The SMILES string of the molecule is CP(=O)(n1ccnc1)n1ccnc1. The van der Waals surface area contributed by atoms with Crippen molar-refractivity contribution in [3.05, 3.63) is 37.4 Å². The molecule has 0 radical (unpaired) electrons. The Labute approximate surface area is 75.5 Å². The van der Waals surface area contributed by atoms with E-state index in [9.17, 15) is 4.57 Å². The van der Waals surface area contributed by atoms with Crippen molar-refractivity contribution in [1.29, 1.82) is 0 Å². The molecule has 13 heavy (non-hydrogen) atoms. The molecular formula is C7H9N4OP. The van der Waals surface area contributed by atoms with Crippen LogP contribution in [-0.4, -0.2) is 25.3 Å². The predicted molar refractivity (Wildman–Crippen MR) is 48.8 cm³/mol. The standard InChI is InChI=1S/C7H9N4OP/c1-13(12,10-4-2-8-6-10)11-5-3-9-7-11/h2-7H,1H3. The second kappa shape index (κ2) is 2.85. The number of aromatic nitrogens is 4. The first-order chi connectivity index (χ1) is 6.21. The van der Waals surface area contributed by atoms with E-state index in [0.717, 1.165) is 0 Å². The summed E-state index contributed by atoms with van der Waals surface area (Å²) in [6.45, 7) is 1.66. The fourth-order valence-corrected chi connectivity index (χ4v) is 2.42. The second-order valence-electron chi connectivity index (χ2n) is 2.72. The highest BCUT2D eigenvalue weighted by Crippen LogP contribution is 2.43. The number of hydrogen-bond acceptors (Lipinski definition) is 3. The highest BCUT2D eigenvalue weighted by Gasteiger charge is 2.18. The number of nitrogens with zero attached hydrogens (tertiary/aromatic N) is 4. The van der Waals surface area contributed by atoms with Gasteiger partial charge in [0.2, 0.25) is 0 Å². The lowest BCUT2D eigenvalue weighted by molar-refractivity contribution is 0.565. The van der Waals surface area contributed by atoms with Gasteiger partial charge in [-0.15, -0.1) is 0 Å². The van der Waals surface area contributed by atoms with E-state index in [1.165, 1.54) is 0 Å². The lowest BCUT2D eigenvalue weighted by atomic mass is 11.0. The third-order valence-electron chi connectivity index (χ3n) is 1.84. The van der Waals surface area contributed by atoms with E-state index in [-0.39, 0.29) is 0 Å². The average molecular weight is 196 g/mol. The van der Waals surface area contributed by atoms with Gasteiger partial charge in [0.25, 0.3) is 7.44 Å². The maximum Gasteiger partial charge on any atom is 0.269 e. The molecule has 0 fully saturated rings. The minimum atomic E-state index is -2.59. The maximum atomic E-state index is 12.2. The van der Waals surface area contributed by atoms with Gasteiger partial charge in [-0.25, -0.2) is 9.97 Å². The van der Waals surface area contributed by atoms with Crippen LogP contribution < -0.4 is 0 Å². The molecule has 0 N–H and O–H groups in total. The monoisotopic (exact) mass is 196 g/mol. The summed E-state index contributed by atoms with van der Waals surface area (Å²) < 4.78 is 15.4. The molecule has 0 saturated carbocycles. The van der Waals surface area contributed by atoms with Gasteiger partial charge in [-0.2, -0.15) is 0 Å². The van der Waals surface area contributed by atoms with Crippen LogP contribution in [0.4, 0.5) is 0 Å². The summed E-state index contributed by atoms with van der Waals surface area (Å²) in [5.74, 6) is 0. The molecular weight excluding hydrogens is 187 g/mol. The fourth-order valence-electron chi connectivity index (χ4n) is 1.06. The van der Waals surface area contributed by atoms with Crippen molar-refractivity contribution in [3.8, 4) is 0 Å². The summed E-state index contributed by atoms with van der Waals surface area (Å²) >= 11 is 0. The van der Waals surface area contributed by atoms with Crippen LogP contribution in [0.15, 0.2) is 37.4 Å². The topological polar surface area (TPSA) is 52.7 Å². The van der Waals surface area contributed by atoms with E-state index in [0.29, 0.717) is 0 Å². The summed E-state index contributed by atoms with van der Waals surface area (Å²) in [5.41, 5.74) is 0. The lowest BCUT2D eigenvalue weighted by Gasteiger charge is -2.14. The minimum Gasteiger partial charge on any atom is -0.275 e. The van der Waals surface area contributed by atoms with Crippen molar-refractivity contribution in [2.75, 3.05) is 6.66 Å². The zero-order valence-corrected chi connectivity index (χ0v) is 8.00. The van der Waals surface area contributed by atoms with Gasteiger partial charge in [-0.05, 0) is 0 Å². The van der Waals surface area contributed by atoms with Crippen molar-refractivity contribution < 1.29 is 4.57 Å². The van der Waals surface area contributed by atoms with Crippen LogP contribution in [0, 0.1) is 0 Å². The Bertz CT molecular complexity index is 381. The Morgan fingerprint density at radius 1 is 1.08 bits per heavy atom. The Morgan fingerprint density at radius 3 is 1.85 bits per heavy atom. The molecule has 68 valence electrons. The average Bonchev–Trinajstić information content (AvgIpc) is 2.78. The van der Waals surface area contributed by atoms with Crippen molar-refractivity contribution in [2.45, 2.75) is 0 Å². The molecule has 0 saturated heterocycles. The highest BCUT2D eigenvalue weighted by molar-refractivity contribution is 7.59. The molecule has 0 aliphatic carbocycles. The smallest absolute Gasteiger partial charge is 0.269 e. The molecule has 0 spiro atoms.